The Morgan fingerprint density at radius 3 is 2.24 bits per heavy atom. The first-order chi connectivity index (χ1) is 24.2. The molecule has 5 aromatic rings. The predicted molar refractivity (Wildman–Crippen MR) is 191 cm³/mol. The molecule has 258 valence electrons. The average Bonchev–Trinajstić information content (AvgIpc) is 3.13. The van der Waals surface area contributed by atoms with Crippen molar-refractivity contribution in [3.05, 3.63) is 113 Å². The highest BCUT2D eigenvalue weighted by Gasteiger charge is 2.14. The van der Waals surface area contributed by atoms with E-state index >= 15 is 0 Å². The topological polar surface area (TPSA) is 153 Å². The lowest BCUT2D eigenvalue weighted by Gasteiger charge is -2.26. The van der Waals surface area contributed by atoms with Crippen LogP contribution in [0.3, 0.4) is 0 Å². The van der Waals surface area contributed by atoms with Gasteiger partial charge in [-0.1, -0.05) is 55.2 Å². The minimum atomic E-state index is -1.08. The molecule has 0 radical (unpaired) electrons. The molecule has 0 atom stereocenters. The Morgan fingerprint density at radius 2 is 1.58 bits per heavy atom. The lowest BCUT2D eigenvalue weighted by Crippen LogP contribution is -2.38. The van der Waals surface area contributed by atoms with Crippen molar-refractivity contribution in [3.63, 3.8) is 0 Å². The molecule has 1 aliphatic heterocycles. The Hall–Kier alpha value is -5.01. The molecular weight excluding hydrogens is 681 g/mol. The van der Waals surface area contributed by atoms with E-state index in [0.29, 0.717) is 45.4 Å². The molecule has 0 unspecified atom stereocenters. The van der Waals surface area contributed by atoms with E-state index in [2.05, 4.69) is 49.0 Å². The van der Waals surface area contributed by atoms with Crippen molar-refractivity contribution in [2.24, 2.45) is 0 Å². The van der Waals surface area contributed by atoms with Gasteiger partial charge in [-0.25, -0.2) is 24.7 Å². The van der Waals surface area contributed by atoms with Gasteiger partial charge in [0.05, 0.1) is 41.5 Å². The lowest BCUT2D eigenvalue weighted by atomic mass is 10.0. The molecule has 50 heavy (non-hydrogen) atoms. The van der Waals surface area contributed by atoms with E-state index in [1.54, 1.807) is 42.7 Å². The number of aromatic nitrogens is 5. The molecule has 12 nitrogen and oxygen atoms in total. The second-order valence-corrected chi connectivity index (χ2v) is 12.2. The highest BCUT2D eigenvalue weighted by Crippen LogP contribution is 2.31. The van der Waals surface area contributed by atoms with Crippen LogP contribution in [0.15, 0.2) is 85.7 Å². The molecule has 3 aromatic heterocycles. The number of halogens is 2. The van der Waals surface area contributed by atoms with E-state index in [1.165, 1.54) is 18.7 Å². The summed E-state index contributed by atoms with van der Waals surface area (Å²) in [6.07, 6.45) is 5.81. The number of carboxylic acids is 1. The van der Waals surface area contributed by atoms with Gasteiger partial charge in [0.2, 0.25) is 0 Å². The molecular formula is C36H35Cl2N7O5. The molecule has 1 aliphatic rings. The number of pyridine rings is 1. The zero-order valence-electron chi connectivity index (χ0n) is 27.4. The van der Waals surface area contributed by atoms with Gasteiger partial charge in [-0.15, -0.1) is 0 Å². The molecule has 0 aliphatic carbocycles. The number of carbonyl (C=O) groups is 2. The third-order valence-corrected chi connectivity index (χ3v) is 8.26. The van der Waals surface area contributed by atoms with Gasteiger partial charge >= 0.3 is 5.97 Å². The molecule has 14 heteroatoms. The molecule has 0 spiro atoms. The van der Waals surface area contributed by atoms with Crippen LogP contribution in [-0.4, -0.2) is 86.3 Å². The number of ether oxygens (including phenoxy) is 2. The first kappa shape index (κ1) is 36.3. The van der Waals surface area contributed by atoms with E-state index < -0.39 is 5.97 Å². The van der Waals surface area contributed by atoms with Crippen molar-refractivity contribution in [3.8, 4) is 28.3 Å². The molecule has 4 heterocycles. The molecule has 0 saturated carbocycles. The normalized spacial score (nSPS) is 12.9. The van der Waals surface area contributed by atoms with Crippen molar-refractivity contribution in [1.82, 2.24) is 29.8 Å². The summed E-state index contributed by atoms with van der Waals surface area (Å²) in [5, 5.41) is 12.9. The maximum atomic E-state index is 12.5. The monoisotopic (exact) mass is 715 g/mol. The van der Waals surface area contributed by atoms with E-state index in [9.17, 15) is 9.59 Å². The Bertz CT molecular complexity index is 1920. The first-order valence-electron chi connectivity index (χ1n) is 15.8. The summed E-state index contributed by atoms with van der Waals surface area (Å²) in [6.45, 7) is 8.76. The largest absolute Gasteiger partial charge is 0.491 e. The van der Waals surface area contributed by atoms with Crippen molar-refractivity contribution in [1.29, 1.82) is 0 Å². The fourth-order valence-electron chi connectivity index (χ4n) is 4.94. The van der Waals surface area contributed by atoms with Crippen molar-refractivity contribution < 1.29 is 24.2 Å². The van der Waals surface area contributed by atoms with Crippen LogP contribution in [-0.2, 0) is 4.74 Å². The Kier molecular flexibility index (Phi) is 12.8. The summed E-state index contributed by atoms with van der Waals surface area (Å²) in [6, 6.07) is 17.6. The Balaban J connectivity index is 0.000000219. The van der Waals surface area contributed by atoms with Crippen LogP contribution in [0.4, 0.5) is 5.69 Å². The molecule has 2 aromatic carbocycles. The molecule has 6 rings (SSSR count). The van der Waals surface area contributed by atoms with Gasteiger partial charge in [0.15, 0.2) is 5.69 Å². The van der Waals surface area contributed by atoms with E-state index in [4.69, 9.17) is 37.8 Å². The summed E-state index contributed by atoms with van der Waals surface area (Å²) < 4.78 is 11.3. The van der Waals surface area contributed by atoms with Crippen molar-refractivity contribution in [2.75, 3.05) is 44.8 Å². The second-order valence-electron chi connectivity index (χ2n) is 11.4. The van der Waals surface area contributed by atoms with Gasteiger partial charge in [-0.05, 0) is 53.9 Å². The summed E-state index contributed by atoms with van der Waals surface area (Å²) in [5.41, 5.74) is 4.56. The zero-order chi connectivity index (χ0) is 35.5. The van der Waals surface area contributed by atoms with Gasteiger partial charge in [0.1, 0.15) is 30.7 Å². The molecule has 0 bridgehead atoms. The number of carboxylic acid groups (broad SMARTS) is 1. The molecule has 1 fully saturated rings. The van der Waals surface area contributed by atoms with Gasteiger partial charge < -0.3 is 19.9 Å². The standard InChI is InChI=1S/C22H22ClN5O3.C14H13ClN2O2/c23-18-4-3-16(12-21(18)31-11-8-28-6-9-30-10-7-28)19-13-20(26-15-25-19)22(29)27-17-2-1-5-24-14-17;1-8(2)10-4-3-9(5-11(10)15)12-6-13(14(18)19)17-7-16-12/h1-5,12-15H,6-11H2,(H,27,29);3-8H,1-2H3,(H,18,19). The SMILES string of the molecule is CC(C)c1ccc(-c2cc(C(=O)O)ncn2)cc1Cl.O=C(Nc1cccnc1)c1cc(-c2ccc(Cl)c(OCCN3CCOCC3)c2)ncn1. The zero-order valence-corrected chi connectivity index (χ0v) is 28.9. The lowest BCUT2D eigenvalue weighted by molar-refractivity contribution is 0.0322. The van der Waals surface area contributed by atoms with Gasteiger partial charge in [0, 0.05) is 42.0 Å². The summed E-state index contributed by atoms with van der Waals surface area (Å²) in [5.74, 6) is -0.505. The molecule has 1 amide bonds. The maximum absolute atomic E-state index is 12.5. The number of aromatic carboxylic acids is 1. The van der Waals surface area contributed by atoms with Crippen molar-refractivity contribution in [2.45, 2.75) is 19.8 Å². The van der Waals surface area contributed by atoms with Crippen LogP contribution >= 0.6 is 23.2 Å². The first-order valence-corrected chi connectivity index (χ1v) is 16.5. The number of nitrogens with zero attached hydrogens (tertiary/aromatic N) is 6. The highest BCUT2D eigenvalue weighted by molar-refractivity contribution is 6.32. The van der Waals surface area contributed by atoms with Crippen LogP contribution in [0.2, 0.25) is 10.0 Å². The number of carbonyl (C=O) groups excluding carboxylic acids is 1. The summed E-state index contributed by atoms with van der Waals surface area (Å²) >= 11 is 12.5. The van der Waals surface area contributed by atoms with Crippen LogP contribution in [0.1, 0.15) is 46.3 Å². The van der Waals surface area contributed by atoms with Crippen LogP contribution in [0.25, 0.3) is 22.5 Å². The smallest absolute Gasteiger partial charge is 0.354 e. The van der Waals surface area contributed by atoms with Gasteiger partial charge in [-0.3, -0.25) is 14.7 Å². The maximum Gasteiger partial charge on any atom is 0.354 e. The number of nitrogens with one attached hydrogen (secondary N) is 1. The Morgan fingerprint density at radius 1 is 0.900 bits per heavy atom. The number of amides is 1. The summed E-state index contributed by atoms with van der Waals surface area (Å²) in [4.78, 5) is 45.8. The number of rotatable bonds is 10. The highest BCUT2D eigenvalue weighted by atomic mass is 35.5. The molecule has 2 N–H and O–H groups in total. The number of morpholine rings is 1. The minimum absolute atomic E-state index is 0.0333. The average molecular weight is 717 g/mol. The van der Waals surface area contributed by atoms with E-state index in [-0.39, 0.29) is 17.3 Å². The number of hydrogen-bond acceptors (Lipinski definition) is 10. The quantitative estimate of drug-likeness (QED) is 0.157. The Labute approximate surface area is 299 Å². The second kappa shape index (κ2) is 17.6. The van der Waals surface area contributed by atoms with E-state index in [0.717, 1.165) is 49.5 Å². The minimum Gasteiger partial charge on any atom is -0.491 e. The number of anilines is 1. The van der Waals surface area contributed by atoms with E-state index in [1.807, 2.05) is 24.3 Å². The summed E-state index contributed by atoms with van der Waals surface area (Å²) in [7, 11) is 0. The number of benzene rings is 2. The van der Waals surface area contributed by atoms with Gasteiger partial charge in [0.25, 0.3) is 5.91 Å². The predicted octanol–water partition coefficient (Wildman–Crippen LogP) is 6.77. The fourth-order valence-corrected chi connectivity index (χ4v) is 5.51. The van der Waals surface area contributed by atoms with Gasteiger partial charge in [-0.2, -0.15) is 0 Å². The molecule has 1 saturated heterocycles. The van der Waals surface area contributed by atoms with Crippen LogP contribution in [0, 0.1) is 0 Å². The fraction of sp³-hybridized carbons (Fsp3) is 0.250. The van der Waals surface area contributed by atoms with Crippen LogP contribution < -0.4 is 10.1 Å². The van der Waals surface area contributed by atoms with Crippen LogP contribution in [0.5, 0.6) is 5.75 Å². The number of hydrogen-bond donors (Lipinski definition) is 2. The third-order valence-electron chi connectivity index (χ3n) is 7.62. The van der Waals surface area contributed by atoms with Crippen molar-refractivity contribution >= 4 is 40.8 Å². The third kappa shape index (κ3) is 10.0.